The summed E-state index contributed by atoms with van der Waals surface area (Å²) >= 11 is 1.68. The number of thiophene rings is 1. The Balaban J connectivity index is 2.32. The van der Waals surface area contributed by atoms with E-state index >= 15 is 0 Å². The maximum Gasteiger partial charge on any atom is 0.123 e. The molecule has 1 unspecified atom stereocenters. The second kappa shape index (κ2) is 4.74. The van der Waals surface area contributed by atoms with Crippen LogP contribution in [-0.2, 0) is 0 Å². The van der Waals surface area contributed by atoms with Gasteiger partial charge in [0, 0.05) is 4.88 Å². The molecule has 0 saturated heterocycles. The molecule has 0 fully saturated rings. The van der Waals surface area contributed by atoms with E-state index in [0.29, 0.717) is 0 Å². The molecule has 4 heteroatoms. The van der Waals surface area contributed by atoms with E-state index in [0.717, 1.165) is 11.1 Å². The molecule has 0 aliphatic carbocycles. The minimum Gasteiger partial charge on any atom is -0.271 e. The van der Waals surface area contributed by atoms with E-state index in [4.69, 9.17) is 5.84 Å². The van der Waals surface area contributed by atoms with Crippen LogP contribution < -0.4 is 11.3 Å². The van der Waals surface area contributed by atoms with Crippen LogP contribution in [0.25, 0.3) is 0 Å². The van der Waals surface area contributed by atoms with Crippen LogP contribution in [0.2, 0.25) is 0 Å². The number of benzene rings is 1. The van der Waals surface area contributed by atoms with Gasteiger partial charge in [-0.3, -0.25) is 5.84 Å². The molecule has 1 heterocycles. The summed E-state index contributed by atoms with van der Waals surface area (Å²) in [6.07, 6.45) is 0. The molecule has 0 aliphatic rings. The van der Waals surface area contributed by atoms with Crippen LogP contribution in [0.1, 0.15) is 22.0 Å². The van der Waals surface area contributed by atoms with Gasteiger partial charge in [-0.05, 0) is 41.6 Å². The minimum absolute atomic E-state index is 0.0782. The third kappa shape index (κ3) is 2.29. The van der Waals surface area contributed by atoms with Crippen molar-refractivity contribution >= 4 is 11.3 Å². The number of nitrogens with one attached hydrogen (secondary N) is 1. The first-order valence-corrected chi connectivity index (χ1v) is 5.85. The smallest absolute Gasteiger partial charge is 0.123 e. The number of halogens is 1. The summed E-state index contributed by atoms with van der Waals surface area (Å²) in [6.45, 7) is 2.05. The SMILES string of the molecule is Cc1cc(C(NN)c2ccc(F)cc2)cs1. The van der Waals surface area contributed by atoms with Crippen LogP contribution in [0.5, 0.6) is 0 Å². The van der Waals surface area contributed by atoms with Gasteiger partial charge in [0.1, 0.15) is 5.82 Å². The Bertz CT molecular complexity index is 464. The average Bonchev–Trinajstić information content (AvgIpc) is 2.69. The van der Waals surface area contributed by atoms with Gasteiger partial charge in [-0.1, -0.05) is 12.1 Å². The predicted octanol–water partition coefficient (Wildman–Crippen LogP) is 2.75. The summed E-state index contributed by atoms with van der Waals surface area (Å²) in [6, 6.07) is 8.38. The van der Waals surface area contributed by atoms with Crippen molar-refractivity contribution < 1.29 is 4.39 Å². The van der Waals surface area contributed by atoms with Crippen LogP contribution in [0.3, 0.4) is 0 Å². The molecule has 0 bridgehead atoms. The second-order valence-electron chi connectivity index (χ2n) is 3.64. The van der Waals surface area contributed by atoms with E-state index in [1.54, 1.807) is 23.5 Å². The molecule has 16 heavy (non-hydrogen) atoms. The van der Waals surface area contributed by atoms with Gasteiger partial charge in [-0.2, -0.15) is 0 Å². The Morgan fingerprint density at radius 2 is 1.94 bits per heavy atom. The second-order valence-corrected chi connectivity index (χ2v) is 4.76. The monoisotopic (exact) mass is 236 g/mol. The molecule has 3 N–H and O–H groups in total. The van der Waals surface area contributed by atoms with Crippen molar-refractivity contribution in [3.63, 3.8) is 0 Å². The van der Waals surface area contributed by atoms with Gasteiger partial charge >= 0.3 is 0 Å². The molecule has 0 saturated carbocycles. The number of hydrogen-bond donors (Lipinski definition) is 2. The Morgan fingerprint density at radius 3 is 2.44 bits per heavy atom. The fourth-order valence-electron chi connectivity index (χ4n) is 1.66. The highest BCUT2D eigenvalue weighted by Gasteiger charge is 2.13. The van der Waals surface area contributed by atoms with Gasteiger partial charge in [-0.15, -0.1) is 11.3 Å². The number of hydrogen-bond acceptors (Lipinski definition) is 3. The number of rotatable bonds is 3. The quantitative estimate of drug-likeness (QED) is 0.635. The maximum atomic E-state index is 12.8. The number of aryl methyl sites for hydroxylation is 1. The fraction of sp³-hybridized carbons (Fsp3) is 0.167. The van der Waals surface area contributed by atoms with Crippen LogP contribution in [0, 0.1) is 12.7 Å². The highest BCUT2D eigenvalue weighted by molar-refractivity contribution is 7.10. The molecular weight excluding hydrogens is 223 g/mol. The third-order valence-electron chi connectivity index (χ3n) is 2.45. The van der Waals surface area contributed by atoms with Crippen LogP contribution in [0.4, 0.5) is 4.39 Å². The standard InChI is InChI=1S/C12H13FN2S/c1-8-6-10(7-16-8)12(15-14)9-2-4-11(13)5-3-9/h2-7,12,15H,14H2,1H3. The molecule has 84 valence electrons. The Labute approximate surface area is 97.9 Å². The molecule has 2 aromatic rings. The van der Waals surface area contributed by atoms with Crippen LogP contribution in [0.15, 0.2) is 35.7 Å². The Hall–Kier alpha value is -1.23. The summed E-state index contributed by atoms with van der Waals surface area (Å²) in [4.78, 5) is 1.23. The van der Waals surface area contributed by atoms with Crippen molar-refractivity contribution in [3.05, 3.63) is 57.5 Å². The van der Waals surface area contributed by atoms with Gasteiger partial charge in [-0.25, -0.2) is 9.82 Å². The largest absolute Gasteiger partial charge is 0.271 e. The molecule has 0 amide bonds. The minimum atomic E-state index is -0.235. The number of hydrazine groups is 1. The first kappa shape index (κ1) is 11.3. The highest BCUT2D eigenvalue weighted by atomic mass is 32.1. The Morgan fingerprint density at radius 1 is 1.25 bits per heavy atom. The lowest BCUT2D eigenvalue weighted by atomic mass is 10.0. The molecule has 0 spiro atoms. The van der Waals surface area contributed by atoms with Gasteiger partial charge in [0.15, 0.2) is 0 Å². The molecule has 0 radical (unpaired) electrons. The van der Waals surface area contributed by atoms with Crippen LogP contribution in [-0.4, -0.2) is 0 Å². The van der Waals surface area contributed by atoms with Crippen molar-refractivity contribution in [1.82, 2.24) is 5.43 Å². The topological polar surface area (TPSA) is 38.0 Å². The molecular formula is C12H13FN2S. The van der Waals surface area contributed by atoms with Crippen molar-refractivity contribution in [2.45, 2.75) is 13.0 Å². The lowest BCUT2D eigenvalue weighted by Crippen LogP contribution is -2.28. The van der Waals surface area contributed by atoms with Gasteiger partial charge in [0.2, 0.25) is 0 Å². The van der Waals surface area contributed by atoms with E-state index in [9.17, 15) is 4.39 Å². The molecule has 0 aliphatic heterocycles. The number of nitrogens with two attached hydrogens (primary N) is 1. The molecule has 2 rings (SSSR count). The average molecular weight is 236 g/mol. The predicted molar refractivity (Wildman–Crippen MR) is 64.6 cm³/mol. The molecule has 1 atom stereocenters. The highest BCUT2D eigenvalue weighted by Crippen LogP contribution is 2.25. The van der Waals surface area contributed by atoms with E-state index in [1.165, 1.54) is 17.0 Å². The first-order chi connectivity index (χ1) is 7.70. The van der Waals surface area contributed by atoms with Gasteiger partial charge in [0.05, 0.1) is 6.04 Å². The Kier molecular flexibility index (Phi) is 3.33. The summed E-state index contributed by atoms with van der Waals surface area (Å²) < 4.78 is 12.8. The van der Waals surface area contributed by atoms with E-state index in [1.807, 2.05) is 6.92 Å². The fourth-order valence-corrected chi connectivity index (χ4v) is 2.39. The lowest BCUT2D eigenvalue weighted by Gasteiger charge is -2.14. The summed E-state index contributed by atoms with van der Waals surface area (Å²) in [5.41, 5.74) is 4.82. The zero-order valence-corrected chi connectivity index (χ0v) is 9.72. The van der Waals surface area contributed by atoms with E-state index < -0.39 is 0 Å². The van der Waals surface area contributed by atoms with Crippen molar-refractivity contribution in [1.29, 1.82) is 0 Å². The van der Waals surface area contributed by atoms with Crippen molar-refractivity contribution in [2.24, 2.45) is 5.84 Å². The zero-order valence-electron chi connectivity index (χ0n) is 8.91. The first-order valence-electron chi connectivity index (χ1n) is 4.97. The molecule has 1 aromatic heterocycles. The normalized spacial score (nSPS) is 12.7. The zero-order chi connectivity index (χ0) is 11.5. The van der Waals surface area contributed by atoms with Gasteiger partial charge < -0.3 is 0 Å². The third-order valence-corrected chi connectivity index (χ3v) is 3.33. The molecule has 2 nitrogen and oxygen atoms in total. The summed E-state index contributed by atoms with van der Waals surface area (Å²) in [7, 11) is 0. The van der Waals surface area contributed by atoms with Crippen molar-refractivity contribution in [2.75, 3.05) is 0 Å². The summed E-state index contributed by atoms with van der Waals surface area (Å²) in [5, 5.41) is 2.06. The van der Waals surface area contributed by atoms with Gasteiger partial charge in [0.25, 0.3) is 0 Å². The lowest BCUT2D eigenvalue weighted by molar-refractivity contribution is 0.616. The van der Waals surface area contributed by atoms with E-state index in [-0.39, 0.29) is 11.9 Å². The van der Waals surface area contributed by atoms with Crippen molar-refractivity contribution in [3.8, 4) is 0 Å². The van der Waals surface area contributed by atoms with Crippen LogP contribution >= 0.6 is 11.3 Å². The summed E-state index contributed by atoms with van der Waals surface area (Å²) in [5.74, 6) is 5.31. The maximum absolute atomic E-state index is 12.8. The molecule has 1 aromatic carbocycles. The van der Waals surface area contributed by atoms with E-state index in [2.05, 4.69) is 16.9 Å².